The lowest BCUT2D eigenvalue weighted by molar-refractivity contribution is 0.0734. The van der Waals surface area contributed by atoms with Crippen LogP contribution in [0.3, 0.4) is 0 Å². The molecule has 8 heteroatoms. The average molecular weight is 519 g/mol. The van der Waals surface area contributed by atoms with Gasteiger partial charge in [-0.2, -0.15) is 5.10 Å². The van der Waals surface area contributed by atoms with Gasteiger partial charge in [-0.1, -0.05) is 53.5 Å². The lowest BCUT2D eigenvalue weighted by Crippen LogP contribution is -2.18. The molecule has 0 fully saturated rings. The maximum absolute atomic E-state index is 12.7. The molecule has 0 radical (unpaired) electrons. The Morgan fingerprint density at radius 2 is 1.58 bits per heavy atom. The maximum Gasteiger partial charge on any atom is 0.343 e. The molecule has 0 heterocycles. The fraction of sp³-hybridized carbons (Fsp3) is 0.0357. The number of halogens is 2. The Morgan fingerprint density at radius 3 is 2.33 bits per heavy atom. The van der Waals surface area contributed by atoms with Crippen molar-refractivity contribution in [2.24, 2.45) is 5.10 Å². The van der Waals surface area contributed by atoms with Gasteiger partial charge in [0.2, 0.25) is 0 Å². The van der Waals surface area contributed by atoms with Crippen LogP contribution in [0.25, 0.3) is 0 Å². The molecule has 0 spiro atoms. The summed E-state index contributed by atoms with van der Waals surface area (Å²) in [7, 11) is 0. The Hall–Kier alpha value is -4.13. The first-order valence-corrected chi connectivity index (χ1v) is 11.6. The summed E-state index contributed by atoms with van der Waals surface area (Å²) in [6.45, 7) is 0.291. The van der Waals surface area contributed by atoms with Crippen molar-refractivity contribution in [2.45, 2.75) is 6.61 Å². The van der Waals surface area contributed by atoms with Crippen LogP contribution < -0.4 is 14.9 Å². The summed E-state index contributed by atoms with van der Waals surface area (Å²) < 4.78 is 11.2. The molecule has 4 aromatic rings. The number of hydrazone groups is 1. The normalized spacial score (nSPS) is 10.7. The van der Waals surface area contributed by atoms with Crippen molar-refractivity contribution >= 4 is 41.3 Å². The second-order valence-electron chi connectivity index (χ2n) is 7.58. The van der Waals surface area contributed by atoms with Crippen molar-refractivity contribution < 1.29 is 19.1 Å². The number of esters is 1. The number of nitrogens with one attached hydrogen (secondary N) is 1. The first-order valence-electron chi connectivity index (χ1n) is 10.9. The maximum atomic E-state index is 12.7. The van der Waals surface area contributed by atoms with E-state index in [-0.39, 0.29) is 0 Å². The van der Waals surface area contributed by atoms with E-state index >= 15 is 0 Å². The van der Waals surface area contributed by atoms with Crippen molar-refractivity contribution in [3.8, 4) is 11.5 Å². The molecule has 1 amide bonds. The molecule has 6 nitrogen and oxygen atoms in total. The Morgan fingerprint density at radius 1 is 0.833 bits per heavy atom. The molecule has 36 heavy (non-hydrogen) atoms. The van der Waals surface area contributed by atoms with Crippen LogP contribution in [0.1, 0.15) is 31.8 Å². The van der Waals surface area contributed by atoms with Crippen LogP contribution >= 0.6 is 23.2 Å². The number of para-hydroxylation sites is 1. The number of hydrogen-bond acceptors (Lipinski definition) is 5. The molecule has 0 aromatic heterocycles. The first-order chi connectivity index (χ1) is 17.5. The summed E-state index contributed by atoms with van der Waals surface area (Å²) in [5.41, 5.74) is 4.84. The zero-order valence-electron chi connectivity index (χ0n) is 18.9. The van der Waals surface area contributed by atoms with E-state index in [0.717, 1.165) is 5.56 Å². The Kier molecular flexibility index (Phi) is 8.34. The minimum atomic E-state index is -0.511. The van der Waals surface area contributed by atoms with Crippen LogP contribution in [0.2, 0.25) is 10.0 Å². The van der Waals surface area contributed by atoms with E-state index in [9.17, 15) is 9.59 Å². The Labute approximate surface area is 218 Å². The van der Waals surface area contributed by atoms with E-state index in [1.54, 1.807) is 78.9 Å². The molecule has 0 saturated carbocycles. The highest BCUT2D eigenvalue weighted by Gasteiger charge is 2.12. The number of carbonyl (C=O) groups is 2. The lowest BCUT2D eigenvalue weighted by atomic mass is 10.2. The summed E-state index contributed by atoms with van der Waals surface area (Å²) in [6.07, 6.45) is 1.48. The molecule has 0 aliphatic carbocycles. The topological polar surface area (TPSA) is 77.0 Å². The highest BCUT2D eigenvalue weighted by molar-refractivity contribution is 6.31. The quantitative estimate of drug-likeness (QED) is 0.124. The summed E-state index contributed by atoms with van der Waals surface area (Å²) in [4.78, 5) is 24.9. The molecular weight excluding hydrogens is 499 g/mol. The summed E-state index contributed by atoms with van der Waals surface area (Å²) in [5, 5.41) is 5.11. The van der Waals surface area contributed by atoms with Crippen molar-refractivity contribution in [1.29, 1.82) is 0 Å². The molecular formula is C28H20Cl2N2O4. The largest absolute Gasteiger partial charge is 0.488 e. The minimum absolute atomic E-state index is 0.291. The summed E-state index contributed by atoms with van der Waals surface area (Å²) in [6, 6.07) is 27.4. The number of nitrogens with zero attached hydrogens (tertiary/aromatic N) is 1. The number of hydrogen-bond donors (Lipinski definition) is 1. The third-order valence-electron chi connectivity index (χ3n) is 4.97. The third-order valence-corrected chi connectivity index (χ3v) is 5.46. The van der Waals surface area contributed by atoms with Gasteiger partial charge in [0.15, 0.2) is 0 Å². The van der Waals surface area contributed by atoms with Gasteiger partial charge in [0.05, 0.1) is 17.3 Å². The van der Waals surface area contributed by atoms with Gasteiger partial charge in [-0.3, -0.25) is 4.79 Å². The van der Waals surface area contributed by atoms with Crippen molar-refractivity contribution in [3.05, 3.63) is 129 Å². The number of rotatable bonds is 8. The summed E-state index contributed by atoms with van der Waals surface area (Å²) in [5.74, 6) is -0.118. The highest BCUT2D eigenvalue weighted by atomic mass is 35.5. The number of ether oxygens (including phenoxy) is 2. The van der Waals surface area contributed by atoms with Gasteiger partial charge in [0.1, 0.15) is 18.1 Å². The smallest absolute Gasteiger partial charge is 0.343 e. The predicted octanol–water partition coefficient (Wildman–Crippen LogP) is 6.56. The SMILES string of the molecule is O=C(Oc1ccc(/C=N/NC(=O)c2ccccc2OCc2ccc(Cl)cc2)cc1)c1cccc(Cl)c1. The second-order valence-corrected chi connectivity index (χ2v) is 8.45. The first kappa shape index (κ1) is 25.0. The molecule has 0 aliphatic rings. The van der Waals surface area contributed by atoms with Gasteiger partial charge in [0, 0.05) is 10.0 Å². The molecule has 1 N–H and O–H groups in total. The van der Waals surface area contributed by atoms with E-state index in [4.69, 9.17) is 32.7 Å². The van der Waals surface area contributed by atoms with E-state index in [1.165, 1.54) is 12.3 Å². The highest BCUT2D eigenvalue weighted by Crippen LogP contribution is 2.20. The molecule has 4 aromatic carbocycles. The van der Waals surface area contributed by atoms with Crippen LogP contribution in [-0.4, -0.2) is 18.1 Å². The molecule has 4 rings (SSSR count). The molecule has 0 bridgehead atoms. The molecule has 0 atom stereocenters. The van der Waals surface area contributed by atoms with E-state index in [0.29, 0.717) is 44.8 Å². The van der Waals surface area contributed by atoms with Gasteiger partial charge in [-0.15, -0.1) is 0 Å². The second kappa shape index (κ2) is 12.0. The van der Waals surface area contributed by atoms with Crippen molar-refractivity contribution in [2.75, 3.05) is 0 Å². The average Bonchev–Trinajstić information content (AvgIpc) is 2.89. The van der Waals surface area contributed by atoms with Gasteiger partial charge in [-0.05, 0) is 77.9 Å². The van der Waals surface area contributed by atoms with Gasteiger partial charge in [0.25, 0.3) is 5.91 Å². The van der Waals surface area contributed by atoms with E-state index in [2.05, 4.69) is 10.5 Å². The fourth-order valence-corrected chi connectivity index (χ4v) is 3.47. The summed E-state index contributed by atoms with van der Waals surface area (Å²) >= 11 is 11.8. The fourth-order valence-electron chi connectivity index (χ4n) is 3.15. The number of carbonyl (C=O) groups excluding carboxylic acids is 2. The van der Waals surface area contributed by atoms with Crippen LogP contribution in [0.4, 0.5) is 0 Å². The van der Waals surface area contributed by atoms with Crippen molar-refractivity contribution in [1.82, 2.24) is 5.43 Å². The van der Waals surface area contributed by atoms with Crippen LogP contribution in [0.5, 0.6) is 11.5 Å². The predicted molar refractivity (Wildman–Crippen MR) is 140 cm³/mol. The zero-order valence-corrected chi connectivity index (χ0v) is 20.4. The molecule has 0 saturated heterocycles. The Bertz CT molecular complexity index is 1390. The van der Waals surface area contributed by atoms with Gasteiger partial charge >= 0.3 is 5.97 Å². The van der Waals surface area contributed by atoms with E-state index in [1.807, 2.05) is 12.1 Å². The van der Waals surface area contributed by atoms with Crippen LogP contribution in [-0.2, 0) is 6.61 Å². The molecule has 180 valence electrons. The lowest BCUT2D eigenvalue weighted by Gasteiger charge is -2.10. The van der Waals surface area contributed by atoms with E-state index < -0.39 is 11.9 Å². The molecule has 0 unspecified atom stereocenters. The minimum Gasteiger partial charge on any atom is -0.488 e. The molecule has 0 aliphatic heterocycles. The monoisotopic (exact) mass is 518 g/mol. The van der Waals surface area contributed by atoms with Gasteiger partial charge < -0.3 is 9.47 Å². The van der Waals surface area contributed by atoms with Gasteiger partial charge in [-0.25, -0.2) is 10.2 Å². The Balaban J connectivity index is 1.33. The zero-order chi connectivity index (χ0) is 25.3. The third kappa shape index (κ3) is 6.95. The van der Waals surface area contributed by atoms with Crippen LogP contribution in [0.15, 0.2) is 102 Å². The number of benzene rings is 4. The van der Waals surface area contributed by atoms with Crippen LogP contribution in [0, 0.1) is 0 Å². The van der Waals surface area contributed by atoms with Crippen molar-refractivity contribution in [3.63, 3.8) is 0 Å². The number of amides is 1. The standard InChI is InChI=1S/C28H20Cl2N2O4/c29-22-12-8-20(9-13-22)18-35-26-7-2-1-6-25(26)27(33)32-31-17-19-10-14-24(15-11-19)36-28(34)21-4-3-5-23(30)16-21/h1-17H,18H2,(H,32,33)/b31-17+.